The van der Waals surface area contributed by atoms with Gasteiger partial charge in [0.1, 0.15) is 11.5 Å². The highest BCUT2D eigenvalue weighted by molar-refractivity contribution is 7.51. The third-order valence-electron chi connectivity index (χ3n) is 7.53. The summed E-state index contributed by atoms with van der Waals surface area (Å²) < 4.78 is 6.55. The van der Waals surface area contributed by atoms with Crippen LogP contribution in [0.5, 0.6) is 5.75 Å². The van der Waals surface area contributed by atoms with Crippen molar-refractivity contribution in [3.8, 4) is 5.75 Å². The van der Waals surface area contributed by atoms with Gasteiger partial charge >= 0.3 is 0 Å². The lowest BCUT2D eigenvalue weighted by Crippen LogP contribution is -2.48. The second-order valence-electron chi connectivity index (χ2n) is 10.4. The molecule has 0 bridgehead atoms. The fraction of sp³-hybridized carbons (Fsp3) is 0.257. The van der Waals surface area contributed by atoms with Gasteiger partial charge in [-0.15, -0.1) is 0 Å². The van der Waals surface area contributed by atoms with Crippen LogP contribution in [-0.2, 0) is 17.1 Å². The molecule has 0 spiro atoms. The Hall–Kier alpha value is -3.75. The number of likely N-dealkylation sites (tertiary alicyclic amines) is 1. The van der Waals surface area contributed by atoms with E-state index >= 15 is 0 Å². The molecule has 1 aliphatic rings. The van der Waals surface area contributed by atoms with Crippen LogP contribution in [0.25, 0.3) is 0 Å². The van der Waals surface area contributed by atoms with Gasteiger partial charge in [0, 0.05) is 30.5 Å². The fourth-order valence-electron chi connectivity index (χ4n) is 5.61. The lowest BCUT2D eigenvalue weighted by Gasteiger charge is -2.40. The topological polar surface area (TPSA) is 46.6 Å². The number of benzene rings is 4. The highest BCUT2D eigenvalue weighted by Crippen LogP contribution is 2.45. The lowest BCUT2D eigenvalue weighted by molar-refractivity contribution is -0.120. The van der Waals surface area contributed by atoms with Crippen molar-refractivity contribution in [3.63, 3.8) is 0 Å². The molecule has 0 N–H and O–H groups in total. The summed E-state index contributed by atoms with van der Waals surface area (Å²) in [6.07, 6.45) is 4.51. The Morgan fingerprint density at radius 3 is 1.88 bits per heavy atom. The zero-order chi connectivity index (χ0) is 27.7. The molecule has 0 aromatic heterocycles. The van der Waals surface area contributed by atoms with Crippen LogP contribution in [0.1, 0.15) is 59.2 Å². The first-order valence-electron chi connectivity index (χ1n) is 14.1. The van der Waals surface area contributed by atoms with E-state index < -0.39 is 8.15 Å². The largest absolute Gasteiger partial charge is 0.473 e. The van der Waals surface area contributed by atoms with E-state index in [9.17, 15) is 9.59 Å². The maximum atomic E-state index is 13.8. The van der Waals surface area contributed by atoms with E-state index in [1.807, 2.05) is 71.6 Å². The summed E-state index contributed by atoms with van der Waals surface area (Å²) in [5, 5.41) is 0. The smallest absolute Gasteiger partial charge is 0.254 e. The number of rotatable bonds is 10. The Kier molecular flexibility index (Phi) is 9.42. The minimum Gasteiger partial charge on any atom is -0.473 e. The van der Waals surface area contributed by atoms with E-state index in [2.05, 4.69) is 48.5 Å². The minimum absolute atomic E-state index is 0.0192. The monoisotopic (exact) mass is 549 g/mol. The summed E-state index contributed by atoms with van der Waals surface area (Å²) >= 11 is 0. The molecular weight excluding hydrogens is 513 g/mol. The highest BCUT2D eigenvalue weighted by Gasteiger charge is 2.36. The molecule has 0 aliphatic carbocycles. The fourth-order valence-corrected chi connectivity index (χ4v) is 7.51. The zero-order valence-electron chi connectivity index (χ0n) is 23.0. The van der Waals surface area contributed by atoms with E-state index in [-0.39, 0.29) is 23.7 Å². The molecule has 5 rings (SSSR count). The van der Waals surface area contributed by atoms with E-state index in [0.717, 1.165) is 42.9 Å². The van der Waals surface area contributed by atoms with Crippen LogP contribution in [0.15, 0.2) is 115 Å². The van der Waals surface area contributed by atoms with E-state index in [1.54, 1.807) is 6.92 Å². The van der Waals surface area contributed by atoms with Crippen LogP contribution in [0.3, 0.4) is 0 Å². The number of amides is 1. The molecule has 4 nitrogen and oxygen atoms in total. The van der Waals surface area contributed by atoms with Gasteiger partial charge in [-0.1, -0.05) is 91.0 Å². The van der Waals surface area contributed by atoms with Crippen molar-refractivity contribution < 1.29 is 14.1 Å². The van der Waals surface area contributed by atoms with Crippen molar-refractivity contribution in [1.82, 2.24) is 4.90 Å². The quantitative estimate of drug-likeness (QED) is 0.187. The number of hydrogen-bond acceptors (Lipinski definition) is 3. The van der Waals surface area contributed by atoms with Crippen LogP contribution >= 0.6 is 8.15 Å². The van der Waals surface area contributed by atoms with Crippen LogP contribution in [0.4, 0.5) is 0 Å². The van der Waals surface area contributed by atoms with Crippen LogP contribution in [0.2, 0.25) is 0 Å². The number of carbonyl (C=O) groups excluding carboxylic acids is 2. The molecule has 2 unspecified atom stereocenters. The van der Waals surface area contributed by atoms with E-state index in [4.69, 9.17) is 4.52 Å². The second-order valence-corrected chi connectivity index (χ2v) is 12.2. The average Bonchev–Trinajstić information content (AvgIpc) is 2.99. The van der Waals surface area contributed by atoms with Crippen molar-refractivity contribution in [3.05, 3.63) is 138 Å². The molecule has 2 atom stereocenters. The summed E-state index contributed by atoms with van der Waals surface area (Å²) in [6.45, 7) is 2.31. The number of hydrogen-bond donors (Lipinski definition) is 0. The maximum absolute atomic E-state index is 13.8. The second kappa shape index (κ2) is 13.5. The number of Topliss-reactive ketones (excluding diaryl/α,β-unsaturated/α-hetero) is 1. The van der Waals surface area contributed by atoms with Crippen molar-refractivity contribution in [2.45, 2.75) is 50.5 Å². The van der Waals surface area contributed by atoms with Gasteiger partial charge in [0.2, 0.25) is 0 Å². The molecule has 4 aromatic rings. The standard InChI is InChI=1S/C35H36NO3P/c1-27(37)34(30-17-9-4-10-18-30)33-19-11-12-24-36(33)35(38)31-20-22-32(23-21-31)39-40(25-28-13-5-2-6-14-28)26-29-15-7-3-8-16-29/h2-10,13-18,20-23,33-34H,11-12,19,24-26H2,1H3. The Bertz CT molecular complexity index is 1340. The van der Waals surface area contributed by atoms with Gasteiger partial charge in [-0.05, 0) is 67.1 Å². The third-order valence-corrected chi connectivity index (χ3v) is 9.44. The van der Waals surface area contributed by atoms with E-state index in [0.29, 0.717) is 12.1 Å². The lowest BCUT2D eigenvalue weighted by atomic mass is 9.82. The van der Waals surface area contributed by atoms with Crippen LogP contribution < -0.4 is 4.52 Å². The van der Waals surface area contributed by atoms with Gasteiger partial charge in [-0.3, -0.25) is 9.59 Å². The summed E-state index contributed by atoms with van der Waals surface area (Å²) in [7, 11) is -0.808. The molecule has 4 aromatic carbocycles. The Morgan fingerprint density at radius 2 is 1.32 bits per heavy atom. The van der Waals surface area contributed by atoms with Gasteiger partial charge in [0.05, 0.1) is 14.1 Å². The number of nitrogens with zero attached hydrogens (tertiary/aromatic N) is 1. The predicted octanol–water partition coefficient (Wildman–Crippen LogP) is 8.23. The van der Waals surface area contributed by atoms with Crippen molar-refractivity contribution >= 4 is 19.8 Å². The summed E-state index contributed by atoms with van der Waals surface area (Å²) in [5.74, 6) is 0.544. The first kappa shape index (κ1) is 27.8. The molecule has 1 heterocycles. The van der Waals surface area contributed by atoms with Crippen molar-refractivity contribution in [1.29, 1.82) is 0 Å². The molecule has 1 amide bonds. The van der Waals surface area contributed by atoms with Gasteiger partial charge in [-0.25, -0.2) is 0 Å². The number of piperidine rings is 1. The molecule has 0 saturated carbocycles. The van der Waals surface area contributed by atoms with Crippen LogP contribution in [-0.4, -0.2) is 29.2 Å². The Balaban J connectivity index is 1.32. The molecule has 204 valence electrons. The maximum Gasteiger partial charge on any atom is 0.254 e. The molecule has 1 saturated heterocycles. The SMILES string of the molecule is CC(=O)C(c1ccccc1)C1CCCCN1C(=O)c1ccc(OP(Cc2ccccc2)Cc2ccccc2)cc1. The zero-order valence-corrected chi connectivity index (χ0v) is 23.9. The summed E-state index contributed by atoms with van der Waals surface area (Å²) in [5.41, 5.74) is 4.12. The van der Waals surface area contributed by atoms with Crippen LogP contribution in [0, 0.1) is 0 Å². The summed E-state index contributed by atoms with van der Waals surface area (Å²) in [6, 6.07) is 38.2. The third kappa shape index (κ3) is 7.06. The van der Waals surface area contributed by atoms with Gasteiger partial charge in [0.15, 0.2) is 0 Å². The molecule has 40 heavy (non-hydrogen) atoms. The van der Waals surface area contributed by atoms with Gasteiger partial charge in [-0.2, -0.15) is 0 Å². The van der Waals surface area contributed by atoms with Crippen molar-refractivity contribution in [2.24, 2.45) is 0 Å². The van der Waals surface area contributed by atoms with Crippen molar-refractivity contribution in [2.75, 3.05) is 6.54 Å². The first-order valence-corrected chi connectivity index (χ1v) is 15.7. The normalized spacial score (nSPS) is 15.9. The van der Waals surface area contributed by atoms with Gasteiger partial charge < -0.3 is 9.42 Å². The molecule has 0 radical (unpaired) electrons. The van der Waals surface area contributed by atoms with Gasteiger partial charge in [0.25, 0.3) is 5.91 Å². The molecule has 1 fully saturated rings. The Labute approximate surface area is 238 Å². The molecule has 1 aliphatic heterocycles. The minimum atomic E-state index is -0.808. The number of carbonyl (C=O) groups is 2. The predicted molar refractivity (Wildman–Crippen MR) is 163 cm³/mol. The first-order chi connectivity index (χ1) is 19.6. The number of ketones is 1. The molecular formula is C35H36NO3P. The average molecular weight is 550 g/mol. The summed E-state index contributed by atoms with van der Waals surface area (Å²) in [4.78, 5) is 28.5. The molecule has 5 heteroatoms. The Morgan fingerprint density at radius 1 is 0.775 bits per heavy atom. The van der Waals surface area contributed by atoms with E-state index in [1.165, 1.54) is 11.1 Å². The highest BCUT2D eigenvalue weighted by atomic mass is 31.1.